The zero-order valence-electron chi connectivity index (χ0n) is 16.1. The molecule has 6 heteroatoms. The molecule has 1 aromatic heterocycles. The highest BCUT2D eigenvalue weighted by atomic mass is 35.5. The lowest BCUT2D eigenvalue weighted by atomic mass is 10.1. The van der Waals surface area contributed by atoms with Crippen LogP contribution in [0, 0.1) is 6.92 Å². The Kier molecular flexibility index (Phi) is 5.55. The third-order valence-electron chi connectivity index (χ3n) is 4.43. The van der Waals surface area contributed by atoms with Gasteiger partial charge in [0.05, 0.1) is 5.39 Å². The molecule has 0 bridgehead atoms. The number of esters is 1. The van der Waals surface area contributed by atoms with Gasteiger partial charge in [-0.2, -0.15) is 0 Å². The van der Waals surface area contributed by atoms with Gasteiger partial charge in [0.15, 0.2) is 12.4 Å². The van der Waals surface area contributed by atoms with E-state index in [1.807, 2.05) is 13.0 Å². The highest BCUT2D eigenvalue weighted by Crippen LogP contribution is 2.32. The van der Waals surface area contributed by atoms with Crippen LogP contribution >= 0.6 is 11.6 Å². The molecule has 1 heterocycles. The molecular weight excluding hydrogens is 404 g/mol. The summed E-state index contributed by atoms with van der Waals surface area (Å²) in [4.78, 5) is 25.5. The summed E-state index contributed by atoms with van der Waals surface area (Å²) in [5, 5.41) is 0.859. The second-order valence-electron chi connectivity index (χ2n) is 6.67. The Bertz CT molecular complexity index is 1260. The molecule has 150 valence electrons. The number of fused-ring (bicyclic) bond motifs is 1. The Labute approximate surface area is 177 Å². The number of rotatable bonds is 5. The van der Waals surface area contributed by atoms with E-state index in [0.717, 1.165) is 5.56 Å². The van der Waals surface area contributed by atoms with E-state index in [2.05, 4.69) is 0 Å². The summed E-state index contributed by atoms with van der Waals surface area (Å²) < 4.78 is 16.8. The fraction of sp³-hybridized carbons (Fsp3) is 0.0833. The second-order valence-corrected chi connectivity index (χ2v) is 7.11. The van der Waals surface area contributed by atoms with Gasteiger partial charge in [-0.1, -0.05) is 35.9 Å². The van der Waals surface area contributed by atoms with Crippen molar-refractivity contribution in [3.63, 3.8) is 0 Å². The lowest BCUT2D eigenvalue weighted by Gasteiger charge is -2.11. The van der Waals surface area contributed by atoms with Crippen molar-refractivity contribution >= 4 is 28.5 Å². The van der Waals surface area contributed by atoms with Crippen LogP contribution in [0.15, 0.2) is 82.0 Å². The minimum atomic E-state index is -0.715. The van der Waals surface area contributed by atoms with E-state index in [4.69, 9.17) is 25.5 Å². The Morgan fingerprint density at radius 2 is 1.73 bits per heavy atom. The SMILES string of the molecule is Cc1ccc2c(=O)c(OC(=O)COc3ccccc3)c(-c3ccc(Cl)cc3)oc2c1. The minimum absolute atomic E-state index is 0.155. The van der Waals surface area contributed by atoms with Crippen molar-refractivity contribution in [1.29, 1.82) is 0 Å². The molecule has 0 spiro atoms. The van der Waals surface area contributed by atoms with Gasteiger partial charge in [-0.3, -0.25) is 4.79 Å². The average Bonchev–Trinajstić information content (AvgIpc) is 2.75. The first-order valence-corrected chi connectivity index (χ1v) is 9.61. The van der Waals surface area contributed by atoms with Crippen LogP contribution in [-0.2, 0) is 4.79 Å². The number of halogens is 1. The third kappa shape index (κ3) is 4.21. The van der Waals surface area contributed by atoms with E-state index >= 15 is 0 Å². The number of carbonyl (C=O) groups is 1. The molecule has 0 saturated carbocycles. The molecule has 4 rings (SSSR count). The molecule has 0 saturated heterocycles. The summed E-state index contributed by atoms with van der Waals surface area (Å²) in [6, 6.07) is 20.8. The molecular formula is C24H17ClO5. The highest BCUT2D eigenvalue weighted by molar-refractivity contribution is 6.30. The van der Waals surface area contributed by atoms with Crippen LogP contribution in [0.1, 0.15) is 5.56 Å². The number of carbonyl (C=O) groups excluding carboxylic acids is 1. The summed E-state index contributed by atoms with van der Waals surface area (Å²) in [5.41, 5.74) is 1.47. The number of aryl methyl sites for hydroxylation is 1. The van der Waals surface area contributed by atoms with Gasteiger partial charge in [0.2, 0.25) is 11.2 Å². The largest absolute Gasteiger partial charge is 0.482 e. The first-order valence-electron chi connectivity index (χ1n) is 9.23. The van der Waals surface area contributed by atoms with Gasteiger partial charge in [-0.15, -0.1) is 0 Å². The van der Waals surface area contributed by atoms with E-state index in [-0.39, 0.29) is 18.1 Å². The summed E-state index contributed by atoms with van der Waals surface area (Å²) >= 11 is 5.98. The summed E-state index contributed by atoms with van der Waals surface area (Å²) in [6.45, 7) is 1.55. The Balaban J connectivity index is 1.73. The predicted octanol–water partition coefficient (Wildman–Crippen LogP) is 5.41. The standard InChI is InChI=1S/C24H17ClO5/c1-15-7-12-19-20(13-15)29-23(16-8-10-17(25)11-9-16)24(22(19)27)30-21(26)14-28-18-5-3-2-4-6-18/h2-13H,14H2,1H3. The van der Waals surface area contributed by atoms with E-state index in [9.17, 15) is 9.59 Å². The van der Waals surface area contributed by atoms with Gasteiger partial charge in [0, 0.05) is 10.6 Å². The lowest BCUT2D eigenvalue weighted by Crippen LogP contribution is -2.21. The van der Waals surface area contributed by atoms with Gasteiger partial charge in [-0.05, 0) is 61.0 Å². The molecule has 0 radical (unpaired) electrons. The van der Waals surface area contributed by atoms with E-state index in [0.29, 0.717) is 27.3 Å². The topological polar surface area (TPSA) is 65.7 Å². The molecule has 0 aliphatic heterocycles. The fourth-order valence-corrected chi connectivity index (χ4v) is 3.10. The molecule has 0 aliphatic carbocycles. The van der Waals surface area contributed by atoms with Crippen LogP contribution in [0.5, 0.6) is 11.5 Å². The van der Waals surface area contributed by atoms with Crippen LogP contribution in [0.3, 0.4) is 0 Å². The van der Waals surface area contributed by atoms with Crippen molar-refractivity contribution < 1.29 is 18.7 Å². The molecule has 0 unspecified atom stereocenters. The molecule has 30 heavy (non-hydrogen) atoms. The van der Waals surface area contributed by atoms with Gasteiger partial charge in [0.25, 0.3) is 0 Å². The van der Waals surface area contributed by atoms with Crippen molar-refractivity contribution in [1.82, 2.24) is 0 Å². The molecule has 5 nitrogen and oxygen atoms in total. The summed E-state index contributed by atoms with van der Waals surface area (Å²) in [7, 11) is 0. The molecule has 4 aromatic rings. The highest BCUT2D eigenvalue weighted by Gasteiger charge is 2.21. The maximum absolute atomic E-state index is 13.1. The van der Waals surface area contributed by atoms with Crippen LogP contribution in [0.25, 0.3) is 22.3 Å². The second kappa shape index (κ2) is 8.43. The molecule has 3 aromatic carbocycles. The number of ether oxygens (including phenoxy) is 2. The Hall–Kier alpha value is -3.57. The minimum Gasteiger partial charge on any atom is -0.482 e. The third-order valence-corrected chi connectivity index (χ3v) is 4.68. The van der Waals surface area contributed by atoms with Crippen LogP contribution in [0.4, 0.5) is 0 Å². The maximum Gasteiger partial charge on any atom is 0.349 e. The quantitative estimate of drug-likeness (QED) is 0.404. The Morgan fingerprint density at radius 3 is 2.47 bits per heavy atom. The first-order chi connectivity index (χ1) is 14.5. The van der Waals surface area contributed by atoms with Gasteiger partial charge in [0.1, 0.15) is 11.3 Å². The van der Waals surface area contributed by atoms with Gasteiger partial charge >= 0.3 is 5.97 Å². The molecule has 0 N–H and O–H groups in total. The van der Waals surface area contributed by atoms with Crippen molar-refractivity contribution in [2.24, 2.45) is 0 Å². The van der Waals surface area contributed by atoms with Crippen LogP contribution in [0.2, 0.25) is 5.02 Å². The molecule has 0 fully saturated rings. The maximum atomic E-state index is 13.1. The zero-order valence-corrected chi connectivity index (χ0v) is 16.8. The van der Waals surface area contributed by atoms with Crippen LogP contribution < -0.4 is 14.9 Å². The Morgan fingerprint density at radius 1 is 1.00 bits per heavy atom. The monoisotopic (exact) mass is 420 g/mol. The number of benzene rings is 3. The fourth-order valence-electron chi connectivity index (χ4n) is 2.97. The van der Waals surface area contributed by atoms with Gasteiger partial charge < -0.3 is 13.9 Å². The number of para-hydroxylation sites is 1. The summed E-state index contributed by atoms with van der Waals surface area (Å²) in [5.74, 6) is -0.223. The van der Waals surface area contributed by atoms with Crippen molar-refractivity contribution in [2.45, 2.75) is 6.92 Å². The lowest BCUT2D eigenvalue weighted by molar-refractivity contribution is -0.136. The molecule has 0 aliphatic rings. The van der Waals surface area contributed by atoms with E-state index in [1.165, 1.54) is 0 Å². The van der Waals surface area contributed by atoms with Crippen molar-refractivity contribution in [3.8, 4) is 22.8 Å². The van der Waals surface area contributed by atoms with E-state index in [1.54, 1.807) is 66.7 Å². The van der Waals surface area contributed by atoms with Crippen molar-refractivity contribution in [3.05, 3.63) is 93.6 Å². The smallest absolute Gasteiger partial charge is 0.349 e. The van der Waals surface area contributed by atoms with Crippen LogP contribution in [-0.4, -0.2) is 12.6 Å². The predicted molar refractivity (Wildman–Crippen MR) is 115 cm³/mol. The van der Waals surface area contributed by atoms with E-state index < -0.39 is 11.4 Å². The zero-order chi connectivity index (χ0) is 21.1. The molecule has 0 amide bonds. The average molecular weight is 421 g/mol. The number of hydrogen-bond acceptors (Lipinski definition) is 5. The van der Waals surface area contributed by atoms with Crippen molar-refractivity contribution in [2.75, 3.05) is 6.61 Å². The summed E-state index contributed by atoms with van der Waals surface area (Å²) in [6.07, 6.45) is 0. The van der Waals surface area contributed by atoms with Gasteiger partial charge in [-0.25, -0.2) is 4.79 Å². The first kappa shape index (κ1) is 19.7. The number of hydrogen-bond donors (Lipinski definition) is 0. The molecule has 0 atom stereocenters. The normalized spacial score (nSPS) is 10.7.